The number of ether oxygens (including phenoxy) is 1. The van der Waals surface area contributed by atoms with E-state index in [4.69, 9.17) is 23.2 Å². The van der Waals surface area contributed by atoms with Gasteiger partial charge in [0.2, 0.25) is 0 Å². The molecule has 0 amide bonds. The maximum atomic E-state index is 12.5. The van der Waals surface area contributed by atoms with Crippen molar-refractivity contribution in [1.82, 2.24) is 4.98 Å². The minimum Gasteiger partial charge on any atom is -0.402 e. The van der Waals surface area contributed by atoms with Crippen molar-refractivity contribution in [3.8, 4) is 5.75 Å². The summed E-state index contributed by atoms with van der Waals surface area (Å²) in [7, 11) is 0. The van der Waals surface area contributed by atoms with Gasteiger partial charge in [-0.15, -0.1) is 24.8 Å². The Kier molecular flexibility index (Phi) is 4.37. The fraction of sp³-hybridized carbons (Fsp3) is 0.375. The van der Waals surface area contributed by atoms with Crippen LogP contribution in [0.4, 0.5) is 22.0 Å². The van der Waals surface area contributed by atoms with E-state index in [1.165, 1.54) is 0 Å². The van der Waals surface area contributed by atoms with Crippen LogP contribution in [-0.4, -0.2) is 11.3 Å². The van der Waals surface area contributed by atoms with Gasteiger partial charge in [0, 0.05) is 5.56 Å². The van der Waals surface area contributed by atoms with Gasteiger partial charge in [0.15, 0.2) is 10.9 Å². The smallest absolute Gasteiger partial charge is 0.402 e. The first-order valence-corrected chi connectivity index (χ1v) is 4.95. The number of hydrogen-bond acceptors (Lipinski definition) is 2. The first-order valence-electron chi connectivity index (χ1n) is 4.03. The van der Waals surface area contributed by atoms with Crippen LogP contribution >= 0.6 is 23.2 Å². The molecule has 0 atom stereocenters. The summed E-state index contributed by atoms with van der Waals surface area (Å²) < 4.78 is 64.2. The van der Waals surface area contributed by atoms with E-state index in [1.54, 1.807) is 0 Å². The summed E-state index contributed by atoms with van der Waals surface area (Å²) in [5.41, 5.74) is -1.04. The van der Waals surface area contributed by atoms with Crippen molar-refractivity contribution in [2.45, 2.75) is 18.7 Å². The van der Waals surface area contributed by atoms with Crippen LogP contribution < -0.4 is 4.74 Å². The van der Waals surface area contributed by atoms with Crippen molar-refractivity contribution >= 4 is 23.2 Å². The summed E-state index contributed by atoms with van der Waals surface area (Å²) in [5, 5.41) is -0.678. The van der Waals surface area contributed by atoms with E-state index in [1.807, 2.05) is 0 Å². The Morgan fingerprint density at radius 2 is 1.94 bits per heavy atom. The summed E-state index contributed by atoms with van der Waals surface area (Å²) in [6, 6.07) is 0.477. The molecule has 0 aliphatic carbocycles. The molecule has 0 unspecified atom stereocenters. The molecule has 0 bridgehead atoms. The molecule has 1 rings (SSSR count). The standard InChI is InChI=1S/C8H4Cl2F5NO/c9-2-4-3(7(11)12)1-5(6(10)16-4)17-8(13,14)15/h1,7H,2H2. The van der Waals surface area contributed by atoms with Gasteiger partial charge in [0.1, 0.15) is 0 Å². The molecule has 1 heterocycles. The number of nitrogens with zero attached hydrogens (tertiary/aromatic N) is 1. The summed E-state index contributed by atoms with van der Waals surface area (Å²) >= 11 is 10.7. The van der Waals surface area contributed by atoms with Crippen LogP contribution in [0.5, 0.6) is 5.75 Å². The van der Waals surface area contributed by atoms with Crippen molar-refractivity contribution in [1.29, 1.82) is 0 Å². The highest BCUT2D eigenvalue weighted by Crippen LogP contribution is 2.34. The van der Waals surface area contributed by atoms with Crippen LogP contribution in [0, 0.1) is 0 Å². The Morgan fingerprint density at radius 1 is 1.35 bits per heavy atom. The molecule has 1 aromatic heterocycles. The number of rotatable bonds is 3. The minimum absolute atomic E-state index is 0.291. The molecule has 9 heteroatoms. The number of pyridine rings is 1. The minimum atomic E-state index is -5.03. The zero-order valence-corrected chi connectivity index (χ0v) is 9.37. The average Bonchev–Trinajstić information content (AvgIpc) is 2.18. The molecule has 0 aromatic carbocycles. The van der Waals surface area contributed by atoms with E-state index in [9.17, 15) is 22.0 Å². The van der Waals surface area contributed by atoms with Gasteiger partial charge < -0.3 is 4.74 Å². The molecule has 0 fully saturated rings. The molecule has 0 saturated heterocycles. The Bertz CT molecular complexity index is 410. The number of aromatic nitrogens is 1. The van der Waals surface area contributed by atoms with E-state index >= 15 is 0 Å². The predicted octanol–water partition coefficient (Wildman–Crippen LogP) is 4.31. The molecule has 17 heavy (non-hydrogen) atoms. The third-order valence-corrected chi connectivity index (χ3v) is 2.17. The maximum absolute atomic E-state index is 12.5. The number of hydrogen-bond donors (Lipinski definition) is 0. The van der Waals surface area contributed by atoms with E-state index in [0.29, 0.717) is 6.07 Å². The van der Waals surface area contributed by atoms with Crippen molar-refractivity contribution < 1.29 is 26.7 Å². The normalized spacial score (nSPS) is 12.0. The Hall–Kier alpha value is -0.820. The molecule has 0 saturated carbocycles. The molecular formula is C8H4Cl2F5NO. The molecule has 0 radical (unpaired) electrons. The predicted molar refractivity (Wildman–Crippen MR) is 50.4 cm³/mol. The Morgan fingerprint density at radius 3 is 2.35 bits per heavy atom. The molecule has 0 spiro atoms. The van der Waals surface area contributed by atoms with Crippen molar-refractivity contribution in [3.05, 3.63) is 22.5 Å². The molecule has 96 valence electrons. The van der Waals surface area contributed by atoms with Crippen LogP contribution in [-0.2, 0) is 5.88 Å². The van der Waals surface area contributed by atoms with Crippen LogP contribution in [0.1, 0.15) is 17.7 Å². The molecule has 0 N–H and O–H groups in total. The van der Waals surface area contributed by atoms with E-state index in [-0.39, 0.29) is 5.69 Å². The summed E-state index contributed by atoms with van der Waals surface area (Å²) in [4.78, 5) is 3.33. The van der Waals surface area contributed by atoms with Gasteiger partial charge in [-0.05, 0) is 6.07 Å². The second-order valence-corrected chi connectivity index (χ2v) is 3.42. The summed E-state index contributed by atoms with van der Waals surface area (Å²) in [6.07, 6.45) is -8.06. The van der Waals surface area contributed by atoms with E-state index < -0.39 is 35.1 Å². The zero-order valence-electron chi connectivity index (χ0n) is 7.86. The van der Waals surface area contributed by atoms with Gasteiger partial charge in [0.25, 0.3) is 6.43 Å². The highest BCUT2D eigenvalue weighted by Gasteiger charge is 2.33. The van der Waals surface area contributed by atoms with Gasteiger partial charge in [-0.25, -0.2) is 13.8 Å². The van der Waals surface area contributed by atoms with Crippen molar-refractivity contribution in [2.75, 3.05) is 0 Å². The van der Waals surface area contributed by atoms with Crippen LogP contribution in [0.25, 0.3) is 0 Å². The first-order chi connectivity index (χ1) is 7.74. The highest BCUT2D eigenvalue weighted by molar-refractivity contribution is 6.30. The fourth-order valence-corrected chi connectivity index (χ4v) is 1.42. The lowest BCUT2D eigenvalue weighted by Gasteiger charge is -2.13. The van der Waals surface area contributed by atoms with Gasteiger partial charge in [-0.3, -0.25) is 0 Å². The topological polar surface area (TPSA) is 22.1 Å². The van der Waals surface area contributed by atoms with Crippen LogP contribution in [0.15, 0.2) is 6.07 Å². The molecular weight excluding hydrogens is 292 g/mol. The van der Waals surface area contributed by atoms with Gasteiger partial charge >= 0.3 is 6.36 Å². The first kappa shape index (κ1) is 14.2. The SMILES string of the molecule is FC(F)c1cc(OC(F)(F)F)c(Cl)nc1CCl. The fourth-order valence-electron chi connectivity index (χ4n) is 1.01. The number of halogens is 7. The molecule has 0 aliphatic rings. The van der Waals surface area contributed by atoms with Crippen LogP contribution in [0.2, 0.25) is 5.15 Å². The molecule has 0 aliphatic heterocycles. The third-order valence-electron chi connectivity index (χ3n) is 1.64. The maximum Gasteiger partial charge on any atom is 0.573 e. The van der Waals surface area contributed by atoms with Crippen molar-refractivity contribution in [2.24, 2.45) is 0 Å². The quantitative estimate of drug-likeness (QED) is 0.471. The lowest BCUT2D eigenvalue weighted by Crippen LogP contribution is -2.18. The van der Waals surface area contributed by atoms with Gasteiger partial charge in [-0.1, -0.05) is 11.6 Å². The zero-order chi connectivity index (χ0) is 13.2. The highest BCUT2D eigenvalue weighted by atomic mass is 35.5. The molecule has 2 nitrogen and oxygen atoms in total. The Labute approximate surface area is 102 Å². The van der Waals surface area contributed by atoms with Gasteiger partial charge in [-0.2, -0.15) is 0 Å². The number of alkyl halides is 6. The molecule has 1 aromatic rings. The lowest BCUT2D eigenvalue weighted by molar-refractivity contribution is -0.274. The van der Waals surface area contributed by atoms with Crippen LogP contribution in [0.3, 0.4) is 0 Å². The average molecular weight is 296 g/mol. The monoisotopic (exact) mass is 295 g/mol. The third kappa shape index (κ3) is 3.85. The van der Waals surface area contributed by atoms with E-state index in [0.717, 1.165) is 0 Å². The summed E-state index contributed by atoms with van der Waals surface area (Å²) in [6.45, 7) is 0. The van der Waals surface area contributed by atoms with E-state index in [2.05, 4.69) is 9.72 Å². The van der Waals surface area contributed by atoms with Crippen molar-refractivity contribution in [3.63, 3.8) is 0 Å². The Balaban J connectivity index is 3.20. The second kappa shape index (κ2) is 5.22. The second-order valence-electron chi connectivity index (χ2n) is 2.80. The lowest BCUT2D eigenvalue weighted by atomic mass is 10.2. The largest absolute Gasteiger partial charge is 0.573 e. The summed E-state index contributed by atoms with van der Waals surface area (Å²) in [5.74, 6) is -1.38. The van der Waals surface area contributed by atoms with Gasteiger partial charge in [0.05, 0.1) is 11.6 Å².